The highest BCUT2D eigenvalue weighted by atomic mass is 32.2. The molecule has 2 N–H and O–H groups in total. The van der Waals surface area contributed by atoms with Gasteiger partial charge in [0.25, 0.3) is 0 Å². The Labute approximate surface area is 113 Å². The predicted octanol–water partition coefficient (Wildman–Crippen LogP) is -1.05. The number of carboxylic acid groups (broad SMARTS) is 1. The number of nitrogens with zero attached hydrogens (tertiary/aromatic N) is 1. The Balaban J connectivity index is 2.45. The monoisotopic (exact) mass is 290 g/mol. The molecule has 7 nitrogen and oxygen atoms in total. The van der Waals surface area contributed by atoms with Gasteiger partial charge >= 0.3 is 5.97 Å². The quantitative estimate of drug-likeness (QED) is 0.649. The van der Waals surface area contributed by atoms with E-state index in [9.17, 15) is 18.6 Å². The second kappa shape index (κ2) is 7.22. The molecule has 1 aliphatic heterocycles. The standard InChI is InChI=1S/C11H18N2O5S/c1-8(14)12-9(11(16)17)6-19(18)7-10(15)13-4-2-3-5-13/h9H,2-7H2,1H3,(H,12,14)(H,16,17)/t9-,19?/m0/s1. The minimum Gasteiger partial charge on any atom is -0.480 e. The summed E-state index contributed by atoms with van der Waals surface area (Å²) in [4.78, 5) is 35.0. The van der Waals surface area contributed by atoms with Crippen molar-refractivity contribution in [3.8, 4) is 0 Å². The van der Waals surface area contributed by atoms with Crippen LogP contribution in [-0.4, -0.2) is 62.6 Å². The summed E-state index contributed by atoms with van der Waals surface area (Å²) in [5.74, 6) is -2.42. The highest BCUT2D eigenvalue weighted by Crippen LogP contribution is 2.08. The van der Waals surface area contributed by atoms with Gasteiger partial charge in [0, 0.05) is 30.8 Å². The van der Waals surface area contributed by atoms with Crippen LogP contribution in [0, 0.1) is 0 Å². The molecule has 108 valence electrons. The number of carbonyl (C=O) groups excluding carboxylic acids is 2. The van der Waals surface area contributed by atoms with Crippen LogP contribution in [0.5, 0.6) is 0 Å². The molecule has 1 saturated heterocycles. The van der Waals surface area contributed by atoms with Gasteiger partial charge in [0.05, 0.1) is 5.75 Å². The highest BCUT2D eigenvalue weighted by molar-refractivity contribution is 7.85. The molecule has 1 aliphatic rings. The maximum Gasteiger partial charge on any atom is 0.327 e. The lowest BCUT2D eigenvalue weighted by atomic mass is 10.3. The Kier molecular flexibility index (Phi) is 5.94. The van der Waals surface area contributed by atoms with Gasteiger partial charge in [-0.15, -0.1) is 0 Å². The molecule has 8 heteroatoms. The minimum atomic E-state index is -1.60. The summed E-state index contributed by atoms with van der Waals surface area (Å²) < 4.78 is 11.8. The number of aliphatic carboxylic acids is 1. The Hall–Kier alpha value is -1.44. The molecule has 2 amide bonds. The molecule has 0 aliphatic carbocycles. The fourth-order valence-corrected chi connectivity index (χ4v) is 3.03. The Morgan fingerprint density at radius 1 is 1.32 bits per heavy atom. The normalized spacial score (nSPS) is 17.8. The first-order valence-electron chi connectivity index (χ1n) is 6.03. The van der Waals surface area contributed by atoms with Crippen LogP contribution < -0.4 is 5.32 Å². The molecule has 1 unspecified atom stereocenters. The molecule has 1 fully saturated rings. The second-order valence-corrected chi connectivity index (χ2v) is 5.93. The largest absolute Gasteiger partial charge is 0.480 e. The fraction of sp³-hybridized carbons (Fsp3) is 0.727. The minimum absolute atomic E-state index is 0.191. The number of hydrogen-bond acceptors (Lipinski definition) is 4. The van der Waals surface area contributed by atoms with Crippen molar-refractivity contribution in [2.45, 2.75) is 25.8 Å². The molecular formula is C11H18N2O5S. The van der Waals surface area contributed by atoms with Crippen molar-refractivity contribution < 1.29 is 23.7 Å². The maximum atomic E-state index is 11.8. The zero-order valence-electron chi connectivity index (χ0n) is 10.8. The third-order valence-electron chi connectivity index (χ3n) is 2.77. The van der Waals surface area contributed by atoms with Gasteiger partial charge < -0.3 is 15.3 Å². The first-order chi connectivity index (χ1) is 8.90. The van der Waals surface area contributed by atoms with E-state index >= 15 is 0 Å². The van der Waals surface area contributed by atoms with Gasteiger partial charge in [-0.2, -0.15) is 0 Å². The lowest BCUT2D eigenvalue weighted by molar-refractivity contribution is -0.140. The molecule has 1 rings (SSSR count). The zero-order valence-corrected chi connectivity index (χ0v) is 11.6. The average molecular weight is 290 g/mol. The van der Waals surface area contributed by atoms with E-state index in [0.29, 0.717) is 13.1 Å². The third kappa shape index (κ3) is 5.37. The molecular weight excluding hydrogens is 272 g/mol. The average Bonchev–Trinajstić information content (AvgIpc) is 2.80. The molecule has 0 aromatic rings. The van der Waals surface area contributed by atoms with E-state index in [1.165, 1.54) is 6.92 Å². The van der Waals surface area contributed by atoms with Crippen LogP contribution in [0.2, 0.25) is 0 Å². The molecule has 1 heterocycles. The summed E-state index contributed by atoms with van der Waals surface area (Å²) in [5, 5.41) is 11.1. The van der Waals surface area contributed by atoms with E-state index in [4.69, 9.17) is 5.11 Å². The number of hydrogen-bond donors (Lipinski definition) is 2. The van der Waals surface area contributed by atoms with Crippen LogP contribution >= 0.6 is 0 Å². The van der Waals surface area contributed by atoms with E-state index in [1.807, 2.05) is 0 Å². The van der Waals surface area contributed by atoms with Crippen LogP contribution in [0.25, 0.3) is 0 Å². The first-order valence-corrected chi connectivity index (χ1v) is 7.51. The summed E-state index contributed by atoms with van der Waals surface area (Å²) in [6.45, 7) is 2.53. The van der Waals surface area contributed by atoms with Gasteiger partial charge in [-0.3, -0.25) is 13.8 Å². The Bertz CT molecular complexity index is 393. The van der Waals surface area contributed by atoms with Gasteiger partial charge in [-0.1, -0.05) is 0 Å². The van der Waals surface area contributed by atoms with E-state index in [2.05, 4.69) is 5.32 Å². The van der Waals surface area contributed by atoms with Crippen molar-refractivity contribution in [2.75, 3.05) is 24.6 Å². The molecule has 0 bridgehead atoms. The Morgan fingerprint density at radius 2 is 1.89 bits per heavy atom. The van der Waals surface area contributed by atoms with Crippen LogP contribution in [-0.2, 0) is 25.2 Å². The van der Waals surface area contributed by atoms with E-state index in [0.717, 1.165) is 12.8 Å². The molecule has 0 aromatic heterocycles. The molecule has 0 radical (unpaired) electrons. The SMILES string of the molecule is CC(=O)N[C@@H](CS(=O)CC(=O)N1CCCC1)C(=O)O. The van der Waals surface area contributed by atoms with Gasteiger partial charge in [-0.05, 0) is 12.8 Å². The number of likely N-dealkylation sites (tertiary alicyclic amines) is 1. The van der Waals surface area contributed by atoms with E-state index in [-0.39, 0.29) is 17.4 Å². The molecule has 0 aromatic carbocycles. The van der Waals surface area contributed by atoms with Crippen molar-refractivity contribution >= 4 is 28.6 Å². The van der Waals surface area contributed by atoms with Crippen molar-refractivity contribution in [3.05, 3.63) is 0 Å². The lowest BCUT2D eigenvalue weighted by Crippen LogP contribution is -2.44. The number of carboxylic acids is 1. The first kappa shape index (κ1) is 15.6. The highest BCUT2D eigenvalue weighted by Gasteiger charge is 2.25. The van der Waals surface area contributed by atoms with Crippen molar-refractivity contribution in [1.29, 1.82) is 0 Å². The number of carbonyl (C=O) groups is 3. The summed E-state index contributed by atoms with van der Waals surface area (Å²) in [7, 11) is -1.60. The molecule has 2 atom stereocenters. The number of nitrogens with one attached hydrogen (secondary N) is 1. The fourth-order valence-electron chi connectivity index (χ4n) is 1.86. The van der Waals surface area contributed by atoms with Gasteiger partial charge in [0.1, 0.15) is 11.8 Å². The molecule has 0 spiro atoms. The zero-order chi connectivity index (χ0) is 14.4. The molecule has 19 heavy (non-hydrogen) atoms. The number of amides is 2. The smallest absolute Gasteiger partial charge is 0.327 e. The number of rotatable bonds is 6. The van der Waals surface area contributed by atoms with E-state index in [1.54, 1.807) is 4.90 Å². The second-order valence-electron chi connectivity index (χ2n) is 4.43. The lowest BCUT2D eigenvalue weighted by Gasteiger charge is -2.16. The van der Waals surface area contributed by atoms with Crippen LogP contribution in [0.3, 0.4) is 0 Å². The van der Waals surface area contributed by atoms with Crippen LogP contribution in [0.15, 0.2) is 0 Å². The van der Waals surface area contributed by atoms with Gasteiger partial charge in [0.2, 0.25) is 11.8 Å². The molecule has 0 saturated carbocycles. The van der Waals surface area contributed by atoms with Crippen LogP contribution in [0.4, 0.5) is 0 Å². The summed E-state index contributed by atoms with van der Waals surface area (Å²) in [6.07, 6.45) is 1.89. The maximum absolute atomic E-state index is 11.8. The summed E-state index contributed by atoms with van der Waals surface area (Å²) in [6, 6.07) is -1.22. The Morgan fingerprint density at radius 3 is 2.37 bits per heavy atom. The predicted molar refractivity (Wildman–Crippen MR) is 68.9 cm³/mol. The van der Waals surface area contributed by atoms with Crippen molar-refractivity contribution in [2.24, 2.45) is 0 Å². The van der Waals surface area contributed by atoms with Gasteiger partial charge in [-0.25, -0.2) is 4.79 Å². The van der Waals surface area contributed by atoms with Crippen LogP contribution in [0.1, 0.15) is 19.8 Å². The summed E-state index contributed by atoms with van der Waals surface area (Å²) >= 11 is 0. The summed E-state index contributed by atoms with van der Waals surface area (Å²) in [5.41, 5.74) is 0. The third-order valence-corrected chi connectivity index (χ3v) is 4.05. The van der Waals surface area contributed by atoms with Gasteiger partial charge in [0.15, 0.2) is 0 Å². The van der Waals surface area contributed by atoms with Crippen molar-refractivity contribution in [1.82, 2.24) is 10.2 Å². The topological polar surface area (TPSA) is 104 Å². The van der Waals surface area contributed by atoms with E-state index < -0.39 is 28.7 Å². The van der Waals surface area contributed by atoms with Crippen molar-refractivity contribution in [3.63, 3.8) is 0 Å².